The van der Waals surface area contributed by atoms with Crippen molar-refractivity contribution in [3.63, 3.8) is 0 Å². The van der Waals surface area contributed by atoms with Crippen LogP contribution in [0.4, 0.5) is 0 Å². The van der Waals surface area contributed by atoms with Gasteiger partial charge in [0.2, 0.25) is 0 Å². The van der Waals surface area contributed by atoms with E-state index >= 15 is 0 Å². The van der Waals surface area contributed by atoms with E-state index in [0.29, 0.717) is 0 Å². The van der Waals surface area contributed by atoms with Gasteiger partial charge in [-0.15, -0.1) is 24.8 Å². The Balaban J connectivity index is 0.00000112. The maximum Gasteiger partial charge on any atom is 0.139 e. The van der Waals surface area contributed by atoms with Crippen molar-refractivity contribution < 1.29 is 0 Å². The molecule has 2 heterocycles. The van der Waals surface area contributed by atoms with E-state index in [1.165, 1.54) is 10.9 Å². The summed E-state index contributed by atoms with van der Waals surface area (Å²) in [6.07, 6.45) is 1.88. The van der Waals surface area contributed by atoms with Gasteiger partial charge in [-0.05, 0) is 31.5 Å². The Hall–Kier alpha value is -0.770. The van der Waals surface area contributed by atoms with Crippen LogP contribution < -0.4 is 5.73 Å². The molecule has 0 spiro atoms. The van der Waals surface area contributed by atoms with Gasteiger partial charge in [0.1, 0.15) is 5.65 Å². The topological polar surface area (TPSA) is 43.8 Å². The first-order valence-electron chi connectivity index (χ1n) is 4.77. The number of nitrogens with two attached hydrogens (primary N) is 1. The van der Waals surface area contributed by atoms with Gasteiger partial charge in [-0.25, -0.2) is 4.98 Å². The highest BCUT2D eigenvalue weighted by Crippen LogP contribution is 2.20. The second kappa shape index (κ2) is 5.53. The number of hydrogen-bond donors (Lipinski definition) is 1. The Morgan fingerprint density at radius 2 is 1.94 bits per heavy atom. The minimum atomic E-state index is 0. The van der Waals surface area contributed by atoms with Gasteiger partial charge in [0.15, 0.2) is 0 Å². The van der Waals surface area contributed by atoms with E-state index in [1.807, 2.05) is 27.1 Å². The minimum Gasteiger partial charge on any atom is -0.331 e. The lowest BCUT2D eigenvalue weighted by atomic mass is 10.2. The van der Waals surface area contributed by atoms with Crippen LogP contribution in [0.1, 0.15) is 24.2 Å². The zero-order chi connectivity index (χ0) is 10.3. The summed E-state index contributed by atoms with van der Waals surface area (Å²) in [4.78, 5) is 4.39. The number of nitrogens with zero attached hydrogens (tertiary/aromatic N) is 2. The monoisotopic (exact) mass is 261 g/mol. The number of aromatic nitrogens is 2. The van der Waals surface area contributed by atoms with Gasteiger partial charge in [0.25, 0.3) is 0 Å². The van der Waals surface area contributed by atoms with Crippen molar-refractivity contribution in [2.75, 3.05) is 0 Å². The van der Waals surface area contributed by atoms with Crippen molar-refractivity contribution in [3.05, 3.63) is 29.6 Å². The molecule has 0 aliphatic heterocycles. The lowest BCUT2D eigenvalue weighted by Crippen LogP contribution is -2.09. The molecule has 0 aromatic carbocycles. The summed E-state index contributed by atoms with van der Waals surface area (Å²) in [7, 11) is 2.00. The average Bonchev–Trinajstić information content (AvgIpc) is 2.43. The summed E-state index contributed by atoms with van der Waals surface area (Å²) in [6.45, 7) is 4.03. The van der Waals surface area contributed by atoms with Crippen LogP contribution in [0, 0.1) is 6.92 Å². The predicted molar refractivity (Wildman–Crippen MR) is 72.5 cm³/mol. The highest BCUT2D eigenvalue weighted by Gasteiger charge is 2.09. The molecule has 2 N–H and O–H groups in total. The fraction of sp³-hybridized carbons (Fsp3) is 0.364. The van der Waals surface area contributed by atoms with E-state index in [-0.39, 0.29) is 30.9 Å². The van der Waals surface area contributed by atoms with Gasteiger partial charge in [-0.3, -0.25) is 0 Å². The van der Waals surface area contributed by atoms with Crippen LogP contribution in [0.15, 0.2) is 18.3 Å². The lowest BCUT2D eigenvalue weighted by molar-refractivity contribution is 0.723. The fourth-order valence-corrected chi connectivity index (χ4v) is 1.79. The number of halogens is 2. The summed E-state index contributed by atoms with van der Waals surface area (Å²) in [5, 5.41) is 1.17. The largest absolute Gasteiger partial charge is 0.331 e. The molecule has 0 bridgehead atoms. The first-order chi connectivity index (χ1) is 6.59. The number of fused-ring (bicyclic) bond motifs is 1. The van der Waals surface area contributed by atoms with Gasteiger partial charge >= 0.3 is 0 Å². The molecule has 0 saturated heterocycles. The molecule has 2 aromatic rings. The summed E-state index contributed by atoms with van der Waals surface area (Å²) >= 11 is 0. The Bertz CT molecular complexity index is 477. The first kappa shape index (κ1) is 15.2. The first-order valence-corrected chi connectivity index (χ1v) is 4.77. The smallest absolute Gasteiger partial charge is 0.139 e. The predicted octanol–water partition coefficient (Wildman–Crippen LogP) is 2.75. The van der Waals surface area contributed by atoms with Crippen molar-refractivity contribution in [3.8, 4) is 0 Å². The van der Waals surface area contributed by atoms with Crippen molar-refractivity contribution in [2.45, 2.75) is 19.9 Å². The molecule has 2 aromatic heterocycles. The number of aryl methyl sites for hydroxylation is 2. The zero-order valence-electron chi connectivity index (χ0n) is 9.60. The van der Waals surface area contributed by atoms with Gasteiger partial charge in [-0.1, -0.05) is 0 Å². The molecule has 0 aliphatic rings. The molecule has 2 rings (SSSR count). The quantitative estimate of drug-likeness (QED) is 0.858. The third-order valence-corrected chi connectivity index (χ3v) is 2.51. The zero-order valence-corrected chi connectivity index (χ0v) is 11.2. The fourth-order valence-electron chi connectivity index (χ4n) is 1.79. The summed E-state index contributed by atoms with van der Waals surface area (Å²) < 4.78 is 2.06. The molecule has 0 amide bonds. The third-order valence-electron chi connectivity index (χ3n) is 2.51. The van der Waals surface area contributed by atoms with E-state index in [4.69, 9.17) is 5.73 Å². The van der Waals surface area contributed by atoms with Crippen molar-refractivity contribution >= 4 is 35.8 Å². The molecule has 1 atom stereocenters. The Morgan fingerprint density at radius 3 is 2.50 bits per heavy atom. The van der Waals surface area contributed by atoms with Crippen LogP contribution in [0.2, 0.25) is 0 Å². The molecule has 0 fully saturated rings. The molecule has 0 radical (unpaired) electrons. The SMILES string of the molecule is Cc1cnc2c(c1)cc(C(C)N)n2C.Cl.Cl. The molecule has 0 aliphatic carbocycles. The van der Waals surface area contributed by atoms with Crippen molar-refractivity contribution in [2.24, 2.45) is 12.8 Å². The number of rotatable bonds is 1. The van der Waals surface area contributed by atoms with Crippen LogP contribution in [-0.4, -0.2) is 9.55 Å². The minimum absolute atomic E-state index is 0. The second-order valence-corrected chi connectivity index (χ2v) is 3.84. The molecular formula is C11H17Cl2N3. The molecule has 16 heavy (non-hydrogen) atoms. The normalized spacial score (nSPS) is 11.8. The van der Waals surface area contributed by atoms with Crippen LogP contribution >= 0.6 is 24.8 Å². The summed E-state index contributed by atoms with van der Waals surface area (Å²) in [5.74, 6) is 0. The van der Waals surface area contributed by atoms with Gasteiger partial charge in [0.05, 0.1) is 0 Å². The molecule has 1 unspecified atom stereocenters. The van der Waals surface area contributed by atoms with E-state index in [2.05, 4.69) is 21.7 Å². The lowest BCUT2D eigenvalue weighted by Gasteiger charge is -2.06. The van der Waals surface area contributed by atoms with Crippen LogP contribution in [0.25, 0.3) is 11.0 Å². The van der Waals surface area contributed by atoms with Crippen LogP contribution in [0.3, 0.4) is 0 Å². The Kier molecular flexibility index (Phi) is 5.26. The molecule has 90 valence electrons. The third kappa shape index (κ3) is 2.48. The van der Waals surface area contributed by atoms with Gasteiger partial charge in [0, 0.05) is 30.4 Å². The van der Waals surface area contributed by atoms with E-state index < -0.39 is 0 Å². The molecule has 0 saturated carbocycles. The van der Waals surface area contributed by atoms with E-state index in [0.717, 1.165) is 11.3 Å². The molecule has 3 nitrogen and oxygen atoms in total. The standard InChI is InChI=1S/C11H15N3.2ClH/c1-7-4-9-5-10(8(2)12)14(3)11(9)13-6-7;;/h4-6,8H,12H2,1-3H3;2*1H. The van der Waals surface area contributed by atoms with Crippen molar-refractivity contribution in [1.82, 2.24) is 9.55 Å². The summed E-state index contributed by atoms with van der Waals surface area (Å²) in [6, 6.07) is 4.29. The van der Waals surface area contributed by atoms with Gasteiger partial charge in [-0.2, -0.15) is 0 Å². The second-order valence-electron chi connectivity index (χ2n) is 3.84. The average molecular weight is 262 g/mol. The van der Waals surface area contributed by atoms with E-state index in [9.17, 15) is 0 Å². The number of hydrogen-bond acceptors (Lipinski definition) is 2. The van der Waals surface area contributed by atoms with Gasteiger partial charge < -0.3 is 10.3 Å². The van der Waals surface area contributed by atoms with Crippen LogP contribution in [-0.2, 0) is 7.05 Å². The number of pyridine rings is 1. The maximum absolute atomic E-state index is 5.87. The van der Waals surface area contributed by atoms with Crippen LogP contribution in [0.5, 0.6) is 0 Å². The highest BCUT2D eigenvalue weighted by molar-refractivity contribution is 5.85. The maximum atomic E-state index is 5.87. The summed E-state index contributed by atoms with van der Waals surface area (Å²) in [5.41, 5.74) is 9.17. The van der Waals surface area contributed by atoms with E-state index in [1.54, 1.807) is 0 Å². The highest BCUT2D eigenvalue weighted by atomic mass is 35.5. The Labute approximate surface area is 108 Å². The van der Waals surface area contributed by atoms with Crippen molar-refractivity contribution in [1.29, 1.82) is 0 Å². The molecular weight excluding hydrogens is 245 g/mol. The molecule has 5 heteroatoms. The Morgan fingerprint density at radius 1 is 1.31 bits per heavy atom.